The first-order valence-corrected chi connectivity index (χ1v) is 5.98. The van der Waals surface area contributed by atoms with Crippen LogP contribution in [0.4, 0.5) is 5.82 Å². The summed E-state index contributed by atoms with van der Waals surface area (Å²) in [5.41, 5.74) is 0.770. The number of amides is 1. The Labute approximate surface area is 96.5 Å². The molecule has 1 aliphatic rings. The molecule has 0 saturated carbocycles. The SMILES string of the molecule is CCN1C(=O)C(CC)(CC)c2cccnc21. The van der Waals surface area contributed by atoms with Crippen LogP contribution in [0.2, 0.25) is 0 Å². The molecule has 0 spiro atoms. The zero-order valence-electron chi connectivity index (χ0n) is 10.2. The molecule has 16 heavy (non-hydrogen) atoms. The van der Waals surface area contributed by atoms with E-state index in [0.29, 0.717) is 6.54 Å². The number of fused-ring (bicyclic) bond motifs is 1. The van der Waals surface area contributed by atoms with Gasteiger partial charge in [0.25, 0.3) is 0 Å². The van der Waals surface area contributed by atoms with Crippen molar-refractivity contribution in [2.75, 3.05) is 11.4 Å². The molecule has 3 heteroatoms. The van der Waals surface area contributed by atoms with Crippen molar-refractivity contribution in [3.63, 3.8) is 0 Å². The highest BCUT2D eigenvalue weighted by atomic mass is 16.2. The summed E-state index contributed by atoms with van der Waals surface area (Å²) in [5, 5.41) is 0. The number of carbonyl (C=O) groups excluding carboxylic acids is 1. The van der Waals surface area contributed by atoms with E-state index >= 15 is 0 Å². The molecule has 2 rings (SSSR count). The highest BCUT2D eigenvalue weighted by Gasteiger charge is 2.48. The van der Waals surface area contributed by atoms with Crippen molar-refractivity contribution >= 4 is 11.7 Å². The first kappa shape index (κ1) is 11.1. The Morgan fingerprint density at radius 3 is 2.56 bits per heavy atom. The highest BCUT2D eigenvalue weighted by molar-refractivity contribution is 6.07. The number of aromatic nitrogens is 1. The smallest absolute Gasteiger partial charge is 0.238 e. The molecule has 0 bridgehead atoms. The fourth-order valence-corrected chi connectivity index (χ4v) is 2.68. The van der Waals surface area contributed by atoms with Gasteiger partial charge in [0.2, 0.25) is 5.91 Å². The number of carbonyl (C=O) groups is 1. The lowest BCUT2D eigenvalue weighted by Crippen LogP contribution is -2.39. The molecular formula is C13H18N2O. The molecule has 1 aliphatic heterocycles. The molecule has 1 amide bonds. The maximum Gasteiger partial charge on any atom is 0.238 e. The molecular weight excluding hydrogens is 200 g/mol. The van der Waals surface area contributed by atoms with Crippen molar-refractivity contribution in [3.05, 3.63) is 23.9 Å². The van der Waals surface area contributed by atoms with Crippen LogP contribution >= 0.6 is 0 Å². The van der Waals surface area contributed by atoms with Gasteiger partial charge in [-0.05, 0) is 25.8 Å². The summed E-state index contributed by atoms with van der Waals surface area (Å²) in [6.45, 7) is 6.86. The number of nitrogens with zero attached hydrogens (tertiary/aromatic N) is 2. The van der Waals surface area contributed by atoms with E-state index in [2.05, 4.69) is 18.8 Å². The second-order valence-electron chi connectivity index (χ2n) is 4.21. The van der Waals surface area contributed by atoms with Crippen LogP contribution in [0.1, 0.15) is 39.2 Å². The molecule has 0 N–H and O–H groups in total. The monoisotopic (exact) mass is 218 g/mol. The molecule has 0 radical (unpaired) electrons. The third-order valence-corrected chi connectivity index (χ3v) is 3.74. The van der Waals surface area contributed by atoms with Crippen LogP contribution in [0, 0.1) is 0 Å². The van der Waals surface area contributed by atoms with Crippen molar-refractivity contribution in [1.29, 1.82) is 0 Å². The van der Waals surface area contributed by atoms with Crippen LogP contribution in [0.5, 0.6) is 0 Å². The molecule has 0 saturated heterocycles. The molecule has 0 aliphatic carbocycles. The highest BCUT2D eigenvalue weighted by Crippen LogP contribution is 2.44. The van der Waals surface area contributed by atoms with Crippen LogP contribution in [0.15, 0.2) is 18.3 Å². The minimum Gasteiger partial charge on any atom is -0.296 e. The fourth-order valence-electron chi connectivity index (χ4n) is 2.68. The molecule has 0 unspecified atom stereocenters. The summed E-state index contributed by atoms with van der Waals surface area (Å²) in [5.74, 6) is 1.08. The number of hydrogen-bond acceptors (Lipinski definition) is 2. The maximum absolute atomic E-state index is 12.5. The molecule has 2 heterocycles. The minimum atomic E-state index is -0.334. The van der Waals surface area contributed by atoms with Gasteiger partial charge in [-0.2, -0.15) is 0 Å². The number of hydrogen-bond donors (Lipinski definition) is 0. The van der Waals surface area contributed by atoms with Crippen molar-refractivity contribution in [2.45, 2.75) is 39.0 Å². The van der Waals surface area contributed by atoms with Crippen molar-refractivity contribution < 1.29 is 4.79 Å². The van der Waals surface area contributed by atoms with E-state index in [-0.39, 0.29) is 11.3 Å². The van der Waals surface area contributed by atoms with Gasteiger partial charge < -0.3 is 0 Å². The molecule has 0 atom stereocenters. The van der Waals surface area contributed by atoms with E-state index in [1.807, 2.05) is 24.0 Å². The van der Waals surface area contributed by atoms with E-state index in [4.69, 9.17) is 0 Å². The second-order valence-corrected chi connectivity index (χ2v) is 4.21. The quantitative estimate of drug-likeness (QED) is 0.781. The minimum absolute atomic E-state index is 0.216. The van der Waals surface area contributed by atoms with Gasteiger partial charge in [-0.25, -0.2) is 4.98 Å². The molecule has 0 fully saturated rings. The summed E-state index contributed by atoms with van der Waals surface area (Å²) in [7, 11) is 0. The Morgan fingerprint density at radius 1 is 1.31 bits per heavy atom. The fraction of sp³-hybridized carbons (Fsp3) is 0.538. The summed E-state index contributed by atoms with van der Waals surface area (Å²) >= 11 is 0. The summed E-state index contributed by atoms with van der Waals surface area (Å²) < 4.78 is 0. The molecule has 3 nitrogen and oxygen atoms in total. The predicted octanol–water partition coefficient (Wildman–Crippen LogP) is 2.51. The molecule has 86 valence electrons. The largest absolute Gasteiger partial charge is 0.296 e. The first-order chi connectivity index (χ1) is 7.71. The number of anilines is 1. The van der Waals surface area contributed by atoms with Crippen molar-refractivity contribution in [1.82, 2.24) is 4.98 Å². The predicted molar refractivity (Wildman–Crippen MR) is 64.5 cm³/mol. The number of pyridine rings is 1. The molecule has 1 aromatic rings. The average molecular weight is 218 g/mol. The van der Waals surface area contributed by atoms with Gasteiger partial charge in [-0.3, -0.25) is 9.69 Å². The van der Waals surface area contributed by atoms with Crippen LogP contribution in [0.3, 0.4) is 0 Å². The van der Waals surface area contributed by atoms with Gasteiger partial charge in [-0.15, -0.1) is 0 Å². The lowest BCUT2D eigenvalue weighted by molar-refractivity contribution is -0.123. The normalized spacial score (nSPS) is 17.7. The molecule has 1 aromatic heterocycles. The van der Waals surface area contributed by atoms with Crippen molar-refractivity contribution in [3.8, 4) is 0 Å². The molecule has 0 aromatic carbocycles. The zero-order valence-corrected chi connectivity index (χ0v) is 10.2. The van der Waals surface area contributed by atoms with E-state index < -0.39 is 0 Å². The maximum atomic E-state index is 12.5. The van der Waals surface area contributed by atoms with Gasteiger partial charge >= 0.3 is 0 Å². The van der Waals surface area contributed by atoms with Crippen LogP contribution < -0.4 is 4.90 Å². The lowest BCUT2D eigenvalue weighted by atomic mass is 9.77. The zero-order chi connectivity index (χ0) is 11.8. The lowest BCUT2D eigenvalue weighted by Gasteiger charge is -2.25. The summed E-state index contributed by atoms with van der Waals surface area (Å²) in [6, 6.07) is 3.97. The number of rotatable bonds is 3. The second kappa shape index (κ2) is 3.89. The van der Waals surface area contributed by atoms with Gasteiger partial charge in [0.15, 0.2) is 0 Å². The van der Waals surface area contributed by atoms with Gasteiger partial charge in [-0.1, -0.05) is 19.9 Å². The Hall–Kier alpha value is -1.38. The Morgan fingerprint density at radius 2 is 2.00 bits per heavy atom. The van der Waals surface area contributed by atoms with Gasteiger partial charge in [0, 0.05) is 18.3 Å². The van der Waals surface area contributed by atoms with Crippen LogP contribution in [-0.4, -0.2) is 17.4 Å². The average Bonchev–Trinajstić information content (AvgIpc) is 2.58. The van der Waals surface area contributed by atoms with Crippen LogP contribution in [-0.2, 0) is 10.2 Å². The van der Waals surface area contributed by atoms with Gasteiger partial charge in [0.1, 0.15) is 5.82 Å². The third-order valence-electron chi connectivity index (χ3n) is 3.74. The van der Waals surface area contributed by atoms with E-state index in [0.717, 1.165) is 24.2 Å². The summed E-state index contributed by atoms with van der Waals surface area (Å²) in [6.07, 6.45) is 3.45. The van der Waals surface area contributed by atoms with Crippen LogP contribution in [0.25, 0.3) is 0 Å². The van der Waals surface area contributed by atoms with Gasteiger partial charge in [0.05, 0.1) is 5.41 Å². The Bertz CT molecular complexity index is 410. The Kier molecular flexibility index (Phi) is 2.70. The van der Waals surface area contributed by atoms with E-state index in [1.165, 1.54) is 0 Å². The third kappa shape index (κ3) is 1.20. The number of likely N-dealkylation sites (N-methyl/N-ethyl adjacent to an activating group) is 1. The topological polar surface area (TPSA) is 33.2 Å². The van der Waals surface area contributed by atoms with Crippen molar-refractivity contribution in [2.24, 2.45) is 0 Å². The van der Waals surface area contributed by atoms with E-state index in [1.54, 1.807) is 6.20 Å². The Balaban J connectivity index is 2.63. The summed E-state index contributed by atoms with van der Waals surface area (Å²) in [4.78, 5) is 18.6. The van der Waals surface area contributed by atoms with E-state index in [9.17, 15) is 4.79 Å². The first-order valence-electron chi connectivity index (χ1n) is 5.98. The standard InChI is InChI=1S/C13H18N2O/c1-4-13(5-2)10-8-7-9-14-11(10)15(6-3)12(13)16/h7-9H,4-6H2,1-3H3.